The van der Waals surface area contributed by atoms with Crippen molar-refractivity contribution in [2.75, 3.05) is 32.9 Å². The first-order valence-electron chi connectivity index (χ1n) is 12.1. The van der Waals surface area contributed by atoms with E-state index in [0.29, 0.717) is 22.7 Å². The van der Waals surface area contributed by atoms with Crippen LogP contribution >= 0.6 is 0 Å². The molecule has 2 aromatic carbocycles. The quantitative estimate of drug-likeness (QED) is 0.622. The molecule has 0 saturated carbocycles. The molecule has 5 nitrogen and oxygen atoms in total. The maximum Gasteiger partial charge on any atom is 0.175 e. The Hall–Kier alpha value is -1.89. The second kappa shape index (κ2) is 10.2. The van der Waals surface area contributed by atoms with Crippen LogP contribution in [0.15, 0.2) is 47.4 Å². The number of aryl methyl sites for hydroxylation is 1. The number of hydrogen-bond donors (Lipinski definition) is 1. The van der Waals surface area contributed by atoms with Crippen LogP contribution in [0.3, 0.4) is 0 Å². The van der Waals surface area contributed by atoms with Gasteiger partial charge in [0.2, 0.25) is 0 Å². The van der Waals surface area contributed by atoms with Gasteiger partial charge < -0.3 is 10.0 Å². The predicted molar refractivity (Wildman–Crippen MR) is 136 cm³/mol. The number of likely N-dealkylation sites (tertiary alicyclic amines) is 1. The maximum atomic E-state index is 11.8. The molecule has 2 aromatic rings. The second-order valence-corrected chi connectivity index (χ2v) is 11.8. The van der Waals surface area contributed by atoms with E-state index in [4.69, 9.17) is 0 Å². The van der Waals surface area contributed by atoms with Crippen LogP contribution < -0.4 is 0 Å². The number of sulfone groups is 1. The Morgan fingerprint density at radius 3 is 2.39 bits per heavy atom. The summed E-state index contributed by atoms with van der Waals surface area (Å²) >= 11 is 0. The summed E-state index contributed by atoms with van der Waals surface area (Å²) in [6.07, 6.45) is 4.09. The molecule has 3 atom stereocenters. The Morgan fingerprint density at radius 1 is 1.15 bits per heavy atom. The van der Waals surface area contributed by atoms with Gasteiger partial charge in [-0.3, -0.25) is 4.90 Å². The van der Waals surface area contributed by atoms with Crippen LogP contribution in [0, 0.1) is 0 Å². The molecular formula is C27H40N2O3S. The molecule has 1 aliphatic rings. The van der Waals surface area contributed by atoms with Crippen LogP contribution in [0.25, 0.3) is 0 Å². The summed E-state index contributed by atoms with van der Waals surface area (Å²) in [5.41, 5.74) is 3.65. The van der Waals surface area contributed by atoms with Gasteiger partial charge in [0, 0.05) is 30.3 Å². The summed E-state index contributed by atoms with van der Waals surface area (Å²) in [4.78, 5) is 5.39. The molecule has 6 heteroatoms. The van der Waals surface area contributed by atoms with E-state index < -0.39 is 9.84 Å². The fourth-order valence-electron chi connectivity index (χ4n) is 5.61. The third-order valence-corrected chi connectivity index (χ3v) is 8.85. The lowest BCUT2D eigenvalue weighted by atomic mass is 9.66. The molecule has 33 heavy (non-hydrogen) atoms. The van der Waals surface area contributed by atoms with Gasteiger partial charge in [-0.25, -0.2) is 8.42 Å². The maximum absolute atomic E-state index is 11.8. The van der Waals surface area contributed by atoms with Crippen LogP contribution in [-0.2, 0) is 28.1 Å². The molecule has 0 bridgehead atoms. The van der Waals surface area contributed by atoms with Crippen LogP contribution in [0.4, 0.5) is 0 Å². The number of phenolic OH excluding ortho intramolecular Hbond substituents is 1. The van der Waals surface area contributed by atoms with Gasteiger partial charge in [0.1, 0.15) is 5.75 Å². The van der Waals surface area contributed by atoms with Gasteiger partial charge in [0.25, 0.3) is 0 Å². The van der Waals surface area contributed by atoms with Crippen molar-refractivity contribution < 1.29 is 13.5 Å². The van der Waals surface area contributed by atoms with Crippen molar-refractivity contribution in [3.63, 3.8) is 0 Å². The van der Waals surface area contributed by atoms with E-state index in [2.05, 4.69) is 50.6 Å². The van der Waals surface area contributed by atoms with Crippen molar-refractivity contribution in [2.24, 2.45) is 0 Å². The highest BCUT2D eigenvalue weighted by atomic mass is 32.2. The molecule has 1 N–H and O–H groups in total. The first kappa shape index (κ1) is 25.7. The number of rotatable bonds is 8. The van der Waals surface area contributed by atoms with E-state index >= 15 is 0 Å². The Bertz CT molecular complexity index is 1050. The van der Waals surface area contributed by atoms with Gasteiger partial charge >= 0.3 is 0 Å². The Labute approximate surface area is 200 Å². The lowest BCUT2D eigenvalue weighted by molar-refractivity contribution is 0.00978. The van der Waals surface area contributed by atoms with Gasteiger partial charge in [0.15, 0.2) is 9.84 Å². The Morgan fingerprint density at radius 2 is 1.82 bits per heavy atom. The SMILES string of the molecule is CCc1ccc(O)cc1[C@@]1(C)CCN(C)C(C)[C@@H]1N(CC)CCc1ccc(S(C)(=O)=O)cc1. The van der Waals surface area contributed by atoms with E-state index in [1.165, 1.54) is 17.4 Å². The van der Waals surface area contributed by atoms with Crippen molar-refractivity contribution in [3.8, 4) is 5.75 Å². The minimum atomic E-state index is -3.18. The fourth-order valence-corrected chi connectivity index (χ4v) is 6.24. The standard InChI is InChI=1S/C27H40N2O3S/c1-7-22-11-12-23(30)19-25(22)27(4)16-18-28(5)20(3)26(27)29(8-2)17-15-21-9-13-24(14-10-21)33(6,31)32/h9-14,19-20,26,30H,7-8,15-18H2,1-6H3/t20?,26-,27+/m0/s1. The molecule has 0 radical (unpaired) electrons. The topological polar surface area (TPSA) is 60.9 Å². The Kier molecular flexibility index (Phi) is 7.92. The van der Waals surface area contributed by atoms with E-state index in [1.807, 2.05) is 18.2 Å². The van der Waals surface area contributed by atoms with Gasteiger partial charge in [-0.15, -0.1) is 0 Å². The second-order valence-electron chi connectivity index (χ2n) is 9.82. The van der Waals surface area contributed by atoms with Crippen LogP contribution in [0.5, 0.6) is 5.75 Å². The zero-order valence-corrected chi connectivity index (χ0v) is 21.8. The zero-order chi connectivity index (χ0) is 24.4. The highest BCUT2D eigenvalue weighted by molar-refractivity contribution is 7.90. The third-order valence-electron chi connectivity index (χ3n) is 7.72. The van der Waals surface area contributed by atoms with Crippen LogP contribution in [0.2, 0.25) is 0 Å². The number of benzene rings is 2. The fraction of sp³-hybridized carbons (Fsp3) is 0.556. The molecular weight excluding hydrogens is 432 g/mol. The smallest absolute Gasteiger partial charge is 0.175 e. The normalized spacial score (nSPS) is 24.3. The average Bonchev–Trinajstić information content (AvgIpc) is 2.78. The highest BCUT2D eigenvalue weighted by Gasteiger charge is 2.47. The molecule has 1 unspecified atom stereocenters. The van der Waals surface area contributed by atoms with Gasteiger partial charge in [-0.1, -0.05) is 39.0 Å². The molecule has 1 saturated heterocycles. The monoisotopic (exact) mass is 472 g/mol. The lowest BCUT2D eigenvalue weighted by Gasteiger charge is -2.54. The van der Waals surface area contributed by atoms with E-state index in [9.17, 15) is 13.5 Å². The molecule has 1 heterocycles. The molecule has 182 valence electrons. The minimum Gasteiger partial charge on any atom is -0.508 e. The molecule has 0 aliphatic carbocycles. The zero-order valence-electron chi connectivity index (χ0n) is 21.0. The van der Waals surface area contributed by atoms with Crippen molar-refractivity contribution in [3.05, 3.63) is 59.2 Å². The lowest BCUT2D eigenvalue weighted by Crippen LogP contribution is -2.63. The predicted octanol–water partition coefficient (Wildman–Crippen LogP) is 4.27. The Balaban J connectivity index is 1.92. The summed E-state index contributed by atoms with van der Waals surface area (Å²) in [6, 6.07) is 13.8. The van der Waals surface area contributed by atoms with Crippen molar-refractivity contribution in [1.29, 1.82) is 0 Å². The van der Waals surface area contributed by atoms with Crippen molar-refractivity contribution >= 4 is 9.84 Å². The van der Waals surface area contributed by atoms with Gasteiger partial charge in [-0.05, 0) is 87.3 Å². The number of piperidine rings is 1. The molecule has 1 fully saturated rings. The third kappa shape index (κ3) is 5.44. The van der Waals surface area contributed by atoms with E-state index in [1.54, 1.807) is 18.2 Å². The summed E-state index contributed by atoms with van der Waals surface area (Å²) in [7, 11) is -0.972. The van der Waals surface area contributed by atoms with Crippen LogP contribution in [-0.4, -0.2) is 68.3 Å². The number of hydrogen-bond acceptors (Lipinski definition) is 5. The average molecular weight is 473 g/mol. The first-order valence-corrected chi connectivity index (χ1v) is 14.0. The molecule has 0 aromatic heterocycles. The summed E-state index contributed by atoms with van der Waals surface area (Å²) in [6.45, 7) is 12.0. The van der Waals surface area contributed by atoms with Gasteiger partial charge in [-0.2, -0.15) is 0 Å². The molecule has 0 amide bonds. The summed E-state index contributed by atoms with van der Waals surface area (Å²) < 4.78 is 23.6. The molecule has 1 aliphatic heterocycles. The number of likely N-dealkylation sites (N-methyl/N-ethyl adjacent to an activating group) is 2. The van der Waals surface area contributed by atoms with Gasteiger partial charge in [0.05, 0.1) is 4.90 Å². The summed E-state index contributed by atoms with van der Waals surface area (Å²) in [5.74, 6) is 0.336. The van der Waals surface area contributed by atoms with E-state index in [0.717, 1.165) is 44.5 Å². The van der Waals surface area contributed by atoms with Crippen LogP contribution in [0.1, 0.15) is 50.8 Å². The molecule has 3 rings (SSSR count). The number of nitrogens with zero attached hydrogens (tertiary/aromatic N) is 2. The highest BCUT2D eigenvalue weighted by Crippen LogP contribution is 2.43. The number of phenols is 1. The minimum absolute atomic E-state index is 0.0772. The largest absolute Gasteiger partial charge is 0.508 e. The van der Waals surface area contributed by atoms with Crippen molar-refractivity contribution in [2.45, 2.75) is 69.4 Å². The van der Waals surface area contributed by atoms with E-state index in [-0.39, 0.29) is 5.41 Å². The summed E-state index contributed by atoms with van der Waals surface area (Å²) in [5, 5.41) is 10.3. The number of aromatic hydroxyl groups is 1. The molecule has 0 spiro atoms. The van der Waals surface area contributed by atoms with Crippen molar-refractivity contribution in [1.82, 2.24) is 9.80 Å². The first-order chi connectivity index (χ1) is 15.5.